The van der Waals surface area contributed by atoms with E-state index in [-0.39, 0.29) is 0 Å². The SMILES string of the molecule is CNc1cc(C)nc(Nc2ccc(OC)c(-n3cc(C4CCCN4)cn3)c2)n1. The fourth-order valence-electron chi connectivity index (χ4n) is 3.45. The molecule has 1 fully saturated rings. The molecule has 8 heteroatoms. The molecule has 0 amide bonds. The summed E-state index contributed by atoms with van der Waals surface area (Å²) in [6.45, 7) is 3.00. The Kier molecular flexibility index (Phi) is 5.12. The number of ether oxygens (including phenoxy) is 1. The number of benzene rings is 1. The molecule has 1 unspecified atom stereocenters. The van der Waals surface area contributed by atoms with Crippen molar-refractivity contribution in [3.8, 4) is 11.4 Å². The summed E-state index contributed by atoms with van der Waals surface area (Å²) in [5.74, 6) is 2.06. The summed E-state index contributed by atoms with van der Waals surface area (Å²) in [7, 11) is 3.50. The number of aryl methyl sites for hydroxylation is 1. The van der Waals surface area contributed by atoms with E-state index < -0.39 is 0 Å². The molecule has 1 aliphatic heterocycles. The van der Waals surface area contributed by atoms with Crippen molar-refractivity contribution in [1.82, 2.24) is 25.1 Å². The van der Waals surface area contributed by atoms with Gasteiger partial charge < -0.3 is 20.7 Å². The van der Waals surface area contributed by atoms with Gasteiger partial charge in [-0.25, -0.2) is 9.67 Å². The molecule has 1 atom stereocenters. The van der Waals surface area contributed by atoms with Crippen LogP contribution in [0.1, 0.15) is 30.1 Å². The number of hydrogen-bond acceptors (Lipinski definition) is 7. The second kappa shape index (κ2) is 7.85. The Morgan fingerprint density at radius 2 is 2.14 bits per heavy atom. The van der Waals surface area contributed by atoms with Gasteiger partial charge in [0.15, 0.2) is 0 Å². The molecule has 1 aliphatic rings. The van der Waals surface area contributed by atoms with Gasteiger partial charge in [0.1, 0.15) is 17.3 Å². The Bertz CT molecular complexity index is 963. The van der Waals surface area contributed by atoms with Crippen molar-refractivity contribution in [1.29, 1.82) is 0 Å². The molecule has 146 valence electrons. The Morgan fingerprint density at radius 1 is 1.25 bits per heavy atom. The first-order chi connectivity index (χ1) is 13.7. The van der Waals surface area contributed by atoms with Crippen LogP contribution in [0.4, 0.5) is 17.5 Å². The highest BCUT2D eigenvalue weighted by molar-refractivity contribution is 5.63. The van der Waals surface area contributed by atoms with Crippen LogP contribution in [0, 0.1) is 6.92 Å². The molecule has 28 heavy (non-hydrogen) atoms. The van der Waals surface area contributed by atoms with Crippen molar-refractivity contribution in [3.63, 3.8) is 0 Å². The molecule has 1 aromatic carbocycles. The Hall–Kier alpha value is -3.13. The van der Waals surface area contributed by atoms with Gasteiger partial charge in [-0.3, -0.25) is 0 Å². The number of nitrogens with one attached hydrogen (secondary N) is 3. The van der Waals surface area contributed by atoms with E-state index in [1.165, 1.54) is 12.0 Å². The summed E-state index contributed by atoms with van der Waals surface area (Å²) in [6.07, 6.45) is 6.32. The van der Waals surface area contributed by atoms with Gasteiger partial charge in [0.05, 0.1) is 13.3 Å². The molecule has 0 bridgehead atoms. The number of hydrogen-bond donors (Lipinski definition) is 3. The third kappa shape index (κ3) is 3.77. The quantitative estimate of drug-likeness (QED) is 0.606. The van der Waals surface area contributed by atoms with E-state index in [2.05, 4.69) is 37.2 Å². The van der Waals surface area contributed by atoms with Crippen LogP contribution in [0.3, 0.4) is 0 Å². The average Bonchev–Trinajstić information content (AvgIpc) is 3.39. The molecule has 0 spiro atoms. The van der Waals surface area contributed by atoms with E-state index in [0.29, 0.717) is 12.0 Å². The van der Waals surface area contributed by atoms with Crippen LogP contribution in [0.5, 0.6) is 5.75 Å². The number of methoxy groups -OCH3 is 1. The highest BCUT2D eigenvalue weighted by Crippen LogP contribution is 2.29. The molecule has 4 rings (SSSR count). The van der Waals surface area contributed by atoms with Crippen molar-refractivity contribution >= 4 is 17.5 Å². The fourth-order valence-corrected chi connectivity index (χ4v) is 3.45. The Morgan fingerprint density at radius 3 is 2.89 bits per heavy atom. The molecular formula is C20H25N7O. The highest BCUT2D eigenvalue weighted by Gasteiger charge is 2.19. The minimum atomic E-state index is 0.377. The van der Waals surface area contributed by atoms with Gasteiger partial charge in [-0.1, -0.05) is 0 Å². The van der Waals surface area contributed by atoms with Crippen LogP contribution in [0.15, 0.2) is 36.7 Å². The van der Waals surface area contributed by atoms with Crippen LogP contribution in [0.25, 0.3) is 5.69 Å². The summed E-state index contributed by atoms with van der Waals surface area (Å²) in [6, 6.07) is 8.12. The van der Waals surface area contributed by atoms with E-state index in [4.69, 9.17) is 4.74 Å². The lowest BCUT2D eigenvalue weighted by molar-refractivity contribution is 0.412. The van der Waals surface area contributed by atoms with E-state index in [1.54, 1.807) is 7.11 Å². The minimum absolute atomic E-state index is 0.377. The molecule has 0 aliphatic carbocycles. The topological polar surface area (TPSA) is 88.9 Å². The summed E-state index contributed by atoms with van der Waals surface area (Å²) < 4.78 is 7.41. The second-order valence-corrected chi connectivity index (χ2v) is 6.85. The Labute approximate surface area is 164 Å². The van der Waals surface area contributed by atoms with E-state index >= 15 is 0 Å². The first-order valence-corrected chi connectivity index (χ1v) is 9.43. The zero-order valence-electron chi connectivity index (χ0n) is 16.4. The van der Waals surface area contributed by atoms with Crippen molar-refractivity contribution in [2.24, 2.45) is 0 Å². The van der Waals surface area contributed by atoms with Crippen molar-refractivity contribution in [2.45, 2.75) is 25.8 Å². The maximum absolute atomic E-state index is 5.55. The molecule has 1 saturated heterocycles. The number of rotatable bonds is 6. The van der Waals surface area contributed by atoms with Crippen LogP contribution >= 0.6 is 0 Å². The lowest BCUT2D eigenvalue weighted by Crippen LogP contribution is -2.12. The number of aromatic nitrogens is 4. The van der Waals surface area contributed by atoms with Gasteiger partial charge in [-0.05, 0) is 44.5 Å². The fraction of sp³-hybridized carbons (Fsp3) is 0.350. The summed E-state index contributed by atoms with van der Waals surface area (Å²) in [4.78, 5) is 8.91. The zero-order valence-corrected chi connectivity index (χ0v) is 16.4. The lowest BCUT2D eigenvalue weighted by atomic mass is 10.1. The lowest BCUT2D eigenvalue weighted by Gasteiger charge is -2.13. The van der Waals surface area contributed by atoms with Gasteiger partial charge in [0, 0.05) is 42.3 Å². The van der Waals surface area contributed by atoms with E-state index in [1.807, 2.05) is 49.1 Å². The smallest absolute Gasteiger partial charge is 0.229 e. The van der Waals surface area contributed by atoms with Gasteiger partial charge >= 0.3 is 0 Å². The maximum atomic E-state index is 5.55. The van der Waals surface area contributed by atoms with E-state index in [9.17, 15) is 0 Å². The van der Waals surface area contributed by atoms with Crippen molar-refractivity contribution in [2.75, 3.05) is 31.3 Å². The molecule has 0 saturated carbocycles. The predicted molar refractivity (Wildman–Crippen MR) is 110 cm³/mol. The molecule has 2 aromatic heterocycles. The van der Waals surface area contributed by atoms with E-state index in [0.717, 1.165) is 41.6 Å². The molecule has 3 N–H and O–H groups in total. The average molecular weight is 379 g/mol. The number of anilines is 3. The number of nitrogens with zero attached hydrogens (tertiary/aromatic N) is 4. The van der Waals surface area contributed by atoms with Crippen LogP contribution in [-0.2, 0) is 0 Å². The van der Waals surface area contributed by atoms with Crippen LogP contribution in [-0.4, -0.2) is 40.5 Å². The normalized spacial score (nSPS) is 16.2. The molecule has 0 radical (unpaired) electrons. The van der Waals surface area contributed by atoms with Crippen molar-refractivity contribution < 1.29 is 4.74 Å². The molecule has 8 nitrogen and oxygen atoms in total. The maximum Gasteiger partial charge on any atom is 0.229 e. The van der Waals surface area contributed by atoms with Crippen molar-refractivity contribution in [3.05, 3.63) is 47.9 Å². The highest BCUT2D eigenvalue weighted by atomic mass is 16.5. The largest absolute Gasteiger partial charge is 0.494 e. The second-order valence-electron chi connectivity index (χ2n) is 6.85. The standard InChI is InChI=1S/C20H25N7O/c1-13-9-19(21-2)26-20(24-13)25-15-6-7-18(28-3)17(10-15)27-12-14(11-23-27)16-5-4-8-22-16/h6-7,9-12,16,22H,4-5,8H2,1-3H3,(H2,21,24,25,26). The van der Waals surface area contributed by atoms with Crippen LogP contribution in [0.2, 0.25) is 0 Å². The summed E-state index contributed by atoms with van der Waals surface area (Å²) in [5.41, 5.74) is 3.80. The molecule has 3 aromatic rings. The van der Waals surface area contributed by atoms with Gasteiger partial charge in [-0.2, -0.15) is 10.1 Å². The summed E-state index contributed by atoms with van der Waals surface area (Å²) in [5, 5.41) is 14.4. The predicted octanol–water partition coefficient (Wildman–Crippen LogP) is 3.19. The third-order valence-corrected chi connectivity index (χ3v) is 4.86. The van der Waals surface area contributed by atoms with Crippen LogP contribution < -0.4 is 20.7 Å². The van der Waals surface area contributed by atoms with Gasteiger partial charge in [0.25, 0.3) is 0 Å². The minimum Gasteiger partial charge on any atom is -0.494 e. The zero-order chi connectivity index (χ0) is 19.5. The monoisotopic (exact) mass is 379 g/mol. The first-order valence-electron chi connectivity index (χ1n) is 9.43. The Balaban J connectivity index is 1.64. The summed E-state index contributed by atoms with van der Waals surface area (Å²) >= 11 is 0. The van der Waals surface area contributed by atoms with Gasteiger partial charge in [0.2, 0.25) is 5.95 Å². The third-order valence-electron chi connectivity index (χ3n) is 4.86. The molecular weight excluding hydrogens is 354 g/mol. The van der Waals surface area contributed by atoms with Gasteiger partial charge in [-0.15, -0.1) is 0 Å². The first kappa shape index (κ1) is 18.2. The molecule has 3 heterocycles.